The van der Waals surface area contributed by atoms with Crippen LogP contribution in [0.5, 0.6) is 0 Å². The van der Waals surface area contributed by atoms with Crippen LogP contribution in [0.25, 0.3) is 0 Å². The zero-order valence-electron chi connectivity index (χ0n) is 9.23. The van der Waals surface area contributed by atoms with Gasteiger partial charge in [0.25, 0.3) is 0 Å². The van der Waals surface area contributed by atoms with Crippen LogP contribution in [0.2, 0.25) is 0 Å². The molecule has 1 aliphatic rings. The molecule has 0 radical (unpaired) electrons. The van der Waals surface area contributed by atoms with Crippen LogP contribution in [0.15, 0.2) is 48.2 Å². The highest BCUT2D eigenvalue weighted by atomic mass is 16.5. The molecule has 0 amide bonds. The Hall–Kier alpha value is -1.34. The number of hydrogen-bond donors (Lipinski definition) is 1. The Labute approximate surface area is 95.9 Å². The molecule has 0 spiro atoms. The molecule has 0 unspecified atom stereocenters. The van der Waals surface area contributed by atoms with Crippen LogP contribution in [0.3, 0.4) is 0 Å². The number of aliphatic hydroxyl groups excluding tert-OH is 1. The molecule has 2 heteroatoms. The average Bonchev–Trinajstić information content (AvgIpc) is 2.74. The average molecular weight is 216 g/mol. The molecule has 0 aromatic heterocycles. The van der Waals surface area contributed by atoms with Gasteiger partial charge in [0.1, 0.15) is 0 Å². The van der Waals surface area contributed by atoms with E-state index in [2.05, 4.69) is 24.4 Å². The summed E-state index contributed by atoms with van der Waals surface area (Å²) in [6.07, 6.45) is 1.52. The van der Waals surface area contributed by atoms with Gasteiger partial charge in [0.05, 0.1) is 12.2 Å². The van der Waals surface area contributed by atoms with Crippen molar-refractivity contribution in [3.05, 3.63) is 53.8 Å². The summed E-state index contributed by atoms with van der Waals surface area (Å²) < 4.78 is 5.89. The van der Waals surface area contributed by atoms with Crippen LogP contribution >= 0.6 is 0 Å². The van der Waals surface area contributed by atoms with E-state index >= 15 is 0 Å². The third-order valence-electron chi connectivity index (χ3n) is 2.91. The van der Waals surface area contributed by atoms with E-state index in [1.165, 1.54) is 5.56 Å². The van der Waals surface area contributed by atoms with Crippen molar-refractivity contribution in [1.82, 2.24) is 0 Å². The van der Waals surface area contributed by atoms with Gasteiger partial charge in [-0.15, -0.1) is 5.73 Å². The molecule has 1 fully saturated rings. The first kappa shape index (κ1) is 11.2. The minimum Gasteiger partial charge on any atom is -0.396 e. The molecular weight excluding hydrogens is 200 g/mol. The maximum atomic E-state index is 8.96. The molecule has 1 saturated heterocycles. The smallest absolute Gasteiger partial charge is 0.0889 e. The van der Waals surface area contributed by atoms with Gasteiger partial charge in [0.15, 0.2) is 0 Å². The minimum atomic E-state index is -0.0206. The molecule has 84 valence electrons. The van der Waals surface area contributed by atoms with Gasteiger partial charge >= 0.3 is 0 Å². The summed E-state index contributed by atoms with van der Waals surface area (Å²) >= 11 is 0. The lowest BCUT2D eigenvalue weighted by Gasteiger charge is -2.12. The highest BCUT2D eigenvalue weighted by Gasteiger charge is 2.30. The minimum absolute atomic E-state index is 0.0206. The molecule has 0 saturated carbocycles. The summed E-state index contributed by atoms with van der Waals surface area (Å²) in [4.78, 5) is 0. The quantitative estimate of drug-likeness (QED) is 0.787. The predicted octanol–water partition coefficient (Wildman–Crippen LogP) is 2.61. The van der Waals surface area contributed by atoms with Gasteiger partial charge in [-0.3, -0.25) is 0 Å². The monoisotopic (exact) mass is 216 g/mol. The molecule has 0 bridgehead atoms. The zero-order chi connectivity index (χ0) is 11.4. The normalized spacial score (nSPS) is 24.4. The van der Waals surface area contributed by atoms with E-state index in [-0.39, 0.29) is 18.8 Å². The van der Waals surface area contributed by atoms with Crippen molar-refractivity contribution in [2.45, 2.75) is 25.0 Å². The number of ether oxygens (including phenoxy) is 1. The Morgan fingerprint density at radius 3 is 2.75 bits per heavy atom. The second kappa shape index (κ2) is 5.13. The van der Waals surface area contributed by atoms with Gasteiger partial charge in [-0.1, -0.05) is 36.9 Å². The van der Waals surface area contributed by atoms with Crippen molar-refractivity contribution in [1.29, 1.82) is 0 Å². The lowest BCUT2D eigenvalue weighted by Crippen LogP contribution is -2.10. The maximum absolute atomic E-state index is 8.96. The highest BCUT2D eigenvalue weighted by molar-refractivity contribution is 5.24. The Morgan fingerprint density at radius 1 is 1.38 bits per heavy atom. The van der Waals surface area contributed by atoms with Gasteiger partial charge in [-0.25, -0.2) is 0 Å². The van der Waals surface area contributed by atoms with E-state index < -0.39 is 0 Å². The molecule has 2 nitrogen and oxygen atoms in total. The van der Waals surface area contributed by atoms with Crippen LogP contribution in [0, 0.1) is 0 Å². The van der Waals surface area contributed by atoms with Crippen molar-refractivity contribution >= 4 is 0 Å². The standard InChI is InChI=1S/C14H16O2/c1-2-11-10-14(16-13(11)8-9-15)12-6-4-3-5-7-12/h3-7,13-15H,1,8-10H2/t13-,14-/m0/s1. The van der Waals surface area contributed by atoms with Crippen LogP contribution in [-0.2, 0) is 4.74 Å². The highest BCUT2D eigenvalue weighted by Crippen LogP contribution is 2.36. The second-order valence-corrected chi connectivity index (χ2v) is 3.94. The Kier molecular flexibility index (Phi) is 3.58. The molecule has 16 heavy (non-hydrogen) atoms. The predicted molar refractivity (Wildman–Crippen MR) is 63.0 cm³/mol. The van der Waals surface area contributed by atoms with E-state index in [1.54, 1.807) is 0 Å². The molecule has 1 heterocycles. The molecule has 1 aromatic carbocycles. The summed E-state index contributed by atoms with van der Waals surface area (Å²) in [6.45, 7) is 3.82. The van der Waals surface area contributed by atoms with Gasteiger partial charge in [0.2, 0.25) is 0 Å². The molecular formula is C14H16O2. The Balaban J connectivity index is 2.14. The molecule has 1 aliphatic heterocycles. The Bertz CT molecular complexity index is 390. The van der Waals surface area contributed by atoms with Crippen LogP contribution in [0.1, 0.15) is 24.5 Å². The van der Waals surface area contributed by atoms with Gasteiger partial charge in [-0.2, -0.15) is 0 Å². The number of rotatable bonds is 3. The van der Waals surface area contributed by atoms with Crippen LogP contribution in [0.4, 0.5) is 0 Å². The fourth-order valence-electron chi connectivity index (χ4n) is 2.07. The number of aliphatic hydroxyl groups is 1. The van der Waals surface area contributed by atoms with E-state index in [0.717, 1.165) is 12.0 Å². The van der Waals surface area contributed by atoms with Crippen molar-refractivity contribution in [2.75, 3.05) is 6.61 Å². The fraction of sp³-hybridized carbons (Fsp3) is 0.357. The lowest BCUT2D eigenvalue weighted by atomic mass is 10.0. The maximum Gasteiger partial charge on any atom is 0.0889 e. The van der Waals surface area contributed by atoms with Crippen LogP contribution < -0.4 is 0 Å². The van der Waals surface area contributed by atoms with Crippen LogP contribution in [-0.4, -0.2) is 17.8 Å². The molecule has 1 N–H and O–H groups in total. The van der Waals surface area contributed by atoms with Gasteiger partial charge < -0.3 is 9.84 Å². The third-order valence-corrected chi connectivity index (χ3v) is 2.91. The summed E-state index contributed by atoms with van der Waals surface area (Å²) in [5.41, 5.74) is 5.18. The second-order valence-electron chi connectivity index (χ2n) is 3.94. The summed E-state index contributed by atoms with van der Waals surface area (Å²) in [5.74, 6) is 0. The van der Waals surface area contributed by atoms with E-state index in [0.29, 0.717) is 6.42 Å². The van der Waals surface area contributed by atoms with Crippen molar-refractivity contribution in [3.8, 4) is 0 Å². The number of hydrogen-bond acceptors (Lipinski definition) is 2. The zero-order valence-corrected chi connectivity index (χ0v) is 9.23. The third kappa shape index (κ3) is 2.25. The van der Waals surface area contributed by atoms with Crippen molar-refractivity contribution < 1.29 is 9.84 Å². The molecule has 1 aromatic rings. The van der Waals surface area contributed by atoms with Gasteiger partial charge in [-0.05, 0) is 5.56 Å². The molecule has 2 rings (SSSR count). The van der Waals surface area contributed by atoms with Crippen molar-refractivity contribution in [3.63, 3.8) is 0 Å². The first-order valence-electron chi connectivity index (χ1n) is 5.55. The fourth-order valence-corrected chi connectivity index (χ4v) is 2.07. The topological polar surface area (TPSA) is 29.5 Å². The molecule has 2 atom stereocenters. The van der Waals surface area contributed by atoms with Crippen molar-refractivity contribution in [2.24, 2.45) is 0 Å². The number of benzene rings is 1. The van der Waals surface area contributed by atoms with E-state index in [9.17, 15) is 0 Å². The summed E-state index contributed by atoms with van der Waals surface area (Å²) in [6, 6.07) is 10.1. The summed E-state index contributed by atoms with van der Waals surface area (Å²) in [5, 5.41) is 8.96. The first-order valence-corrected chi connectivity index (χ1v) is 5.55. The molecule has 0 aliphatic carbocycles. The SMILES string of the molecule is C=C=C1C[C@@H](c2ccccc2)O[C@H]1CCO. The van der Waals surface area contributed by atoms with Gasteiger partial charge in [0, 0.05) is 25.0 Å². The Morgan fingerprint density at radius 2 is 2.12 bits per heavy atom. The largest absolute Gasteiger partial charge is 0.396 e. The summed E-state index contributed by atoms with van der Waals surface area (Å²) in [7, 11) is 0. The first-order chi connectivity index (χ1) is 7.85. The van der Waals surface area contributed by atoms with E-state index in [4.69, 9.17) is 9.84 Å². The van der Waals surface area contributed by atoms with E-state index in [1.807, 2.05) is 18.2 Å². The lowest BCUT2D eigenvalue weighted by molar-refractivity contribution is 0.0383.